The maximum atomic E-state index is 13.7. The fraction of sp³-hybridized carbons (Fsp3) is 0.533. The van der Waals surface area contributed by atoms with Gasteiger partial charge in [0.05, 0.1) is 0 Å². The number of halogens is 2. The van der Waals surface area contributed by atoms with E-state index in [2.05, 4.69) is 17.6 Å². The molecule has 1 saturated carbocycles. The number of carbonyl (C=O) groups is 1. The first kappa shape index (κ1) is 14.8. The lowest BCUT2D eigenvalue weighted by atomic mass is 9.70. The van der Waals surface area contributed by atoms with E-state index in [4.69, 9.17) is 0 Å². The van der Waals surface area contributed by atoms with E-state index >= 15 is 0 Å². The van der Waals surface area contributed by atoms with Crippen molar-refractivity contribution in [2.75, 3.05) is 18.4 Å². The van der Waals surface area contributed by atoms with E-state index in [0.717, 1.165) is 25.0 Å². The summed E-state index contributed by atoms with van der Waals surface area (Å²) in [5.41, 5.74) is -0.0317. The van der Waals surface area contributed by atoms with Gasteiger partial charge < -0.3 is 10.6 Å². The summed E-state index contributed by atoms with van der Waals surface area (Å²) in [6, 6.07) is 2.14. The summed E-state index contributed by atoms with van der Waals surface area (Å²) in [6.07, 6.45) is 3.33. The molecule has 20 heavy (non-hydrogen) atoms. The first-order chi connectivity index (χ1) is 9.45. The highest BCUT2D eigenvalue weighted by Crippen LogP contribution is 2.39. The van der Waals surface area contributed by atoms with Crippen molar-refractivity contribution in [1.29, 1.82) is 0 Å². The Hall–Kier alpha value is -1.65. The highest BCUT2D eigenvalue weighted by atomic mass is 19.1. The molecule has 0 aromatic heterocycles. The van der Waals surface area contributed by atoms with Crippen molar-refractivity contribution in [2.45, 2.75) is 33.1 Å². The fourth-order valence-electron chi connectivity index (χ4n) is 2.40. The summed E-state index contributed by atoms with van der Waals surface area (Å²) >= 11 is 0. The van der Waals surface area contributed by atoms with Crippen LogP contribution < -0.4 is 10.6 Å². The molecule has 1 aromatic rings. The van der Waals surface area contributed by atoms with Crippen LogP contribution in [0, 0.1) is 17.0 Å². The summed E-state index contributed by atoms with van der Waals surface area (Å²) in [4.78, 5) is 11.9. The molecule has 1 fully saturated rings. The number of rotatable bonds is 5. The minimum atomic E-state index is -0.744. The second kappa shape index (κ2) is 5.77. The maximum Gasteiger partial charge on any atom is 0.251 e. The minimum Gasteiger partial charge on any atom is -0.381 e. The van der Waals surface area contributed by atoms with Crippen molar-refractivity contribution < 1.29 is 13.6 Å². The molecule has 0 bridgehead atoms. The number of amides is 1. The highest BCUT2D eigenvalue weighted by molar-refractivity contribution is 5.94. The first-order valence-corrected chi connectivity index (χ1v) is 6.96. The zero-order valence-corrected chi connectivity index (χ0v) is 11.9. The van der Waals surface area contributed by atoms with E-state index in [1.165, 1.54) is 6.42 Å². The molecule has 0 radical (unpaired) electrons. The van der Waals surface area contributed by atoms with Gasteiger partial charge in [-0.25, -0.2) is 8.78 Å². The first-order valence-electron chi connectivity index (χ1n) is 6.96. The summed E-state index contributed by atoms with van der Waals surface area (Å²) < 4.78 is 27.5. The Balaban J connectivity index is 2.06. The average Bonchev–Trinajstić information content (AvgIpc) is 2.37. The van der Waals surface area contributed by atoms with Gasteiger partial charge in [-0.15, -0.1) is 0 Å². The molecule has 0 saturated heterocycles. The molecule has 0 atom stereocenters. The van der Waals surface area contributed by atoms with Crippen LogP contribution in [0.25, 0.3) is 0 Å². The molecule has 0 heterocycles. The Morgan fingerprint density at radius 3 is 2.35 bits per heavy atom. The summed E-state index contributed by atoms with van der Waals surface area (Å²) in [6.45, 7) is 4.81. The summed E-state index contributed by atoms with van der Waals surface area (Å²) in [5.74, 6) is -1.92. The van der Waals surface area contributed by atoms with Crippen LogP contribution in [0.2, 0.25) is 0 Å². The Morgan fingerprint density at radius 1 is 1.30 bits per heavy atom. The van der Waals surface area contributed by atoms with Gasteiger partial charge >= 0.3 is 0 Å². The number of hydrogen-bond acceptors (Lipinski definition) is 2. The van der Waals surface area contributed by atoms with Crippen LogP contribution in [-0.2, 0) is 0 Å². The number of nitrogens with one attached hydrogen (secondary N) is 2. The second-order valence-corrected chi connectivity index (χ2v) is 5.69. The van der Waals surface area contributed by atoms with E-state index in [1.807, 2.05) is 0 Å². The largest absolute Gasteiger partial charge is 0.381 e. The van der Waals surface area contributed by atoms with E-state index in [9.17, 15) is 13.6 Å². The van der Waals surface area contributed by atoms with Gasteiger partial charge in [-0.2, -0.15) is 0 Å². The van der Waals surface area contributed by atoms with Crippen molar-refractivity contribution in [1.82, 2.24) is 5.32 Å². The third-order valence-corrected chi connectivity index (χ3v) is 3.89. The van der Waals surface area contributed by atoms with E-state index in [-0.39, 0.29) is 16.7 Å². The minimum absolute atomic E-state index is 0.0181. The normalized spacial score (nSPS) is 16.4. The Bertz CT molecular complexity index is 490. The average molecular weight is 282 g/mol. The smallest absolute Gasteiger partial charge is 0.251 e. The molecular formula is C15H20F2N2O. The monoisotopic (exact) mass is 282 g/mol. The van der Waals surface area contributed by atoms with Crippen LogP contribution in [0.5, 0.6) is 0 Å². The van der Waals surface area contributed by atoms with Gasteiger partial charge in [0, 0.05) is 18.7 Å². The SMILES string of the molecule is CCNc1c(F)cc(C(=O)NCC2(C)CCC2)cc1F. The van der Waals surface area contributed by atoms with Gasteiger partial charge in [0.25, 0.3) is 5.91 Å². The zero-order chi connectivity index (χ0) is 14.8. The topological polar surface area (TPSA) is 41.1 Å². The van der Waals surface area contributed by atoms with Gasteiger partial charge in [0.1, 0.15) is 17.3 Å². The quantitative estimate of drug-likeness (QED) is 0.870. The van der Waals surface area contributed by atoms with Gasteiger partial charge in [-0.05, 0) is 37.3 Å². The number of anilines is 1. The predicted octanol–water partition coefficient (Wildman–Crippen LogP) is 3.32. The van der Waals surface area contributed by atoms with Crippen molar-refractivity contribution in [3.05, 3.63) is 29.3 Å². The third-order valence-electron chi connectivity index (χ3n) is 3.89. The van der Waals surface area contributed by atoms with Crippen LogP contribution in [-0.4, -0.2) is 19.0 Å². The second-order valence-electron chi connectivity index (χ2n) is 5.69. The number of hydrogen-bond donors (Lipinski definition) is 2. The molecule has 0 unspecified atom stereocenters. The molecule has 1 aliphatic rings. The number of benzene rings is 1. The van der Waals surface area contributed by atoms with Crippen LogP contribution in [0.3, 0.4) is 0 Å². The van der Waals surface area contributed by atoms with Crippen LogP contribution in [0.1, 0.15) is 43.5 Å². The van der Waals surface area contributed by atoms with Crippen molar-refractivity contribution in [3.63, 3.8) is 0 Å². The van der Waals surface area contributed by atoms with Gasteiger partial charge in [0.15, 0.2) is 0 Å². The predicted molar refractivity (Wildman–Crippen MR) is 74.8 cm³/mol. The molecule has 1 aromatic carbocycles. The molecular weight excluding hydrogens is 262 g/mol. The zero-order valence-electron chi connectivity index (χ0n) is 11.9. The summed E-state index contributed by atoms with van der Waals surface area (Å²) in [5, 5.41) is 5.36. The Kier molecular flexibility index (Phi) is 4.26. The highest BCUT2D eigenvalue weighted by Gasteiger charge is 2.32. The maximum absolute atomic E-state index is 13.7. The molecule has 0 aliphatic heterocycles. The Morgan fingerprint density at radius 2 is 1.90 bits per heavy atom. The standard InChI is InChI=1S/C15H20F2N2O/c1-3-18-13-11(16)7-10(8-12(13)17)14(20)19-9-15(2)5-4-6-15/h7-8,18H,3-6,9H2,1-2H3,(H,19,20). The summed E-state index contributed by atoms with van der Waals surface area (Å²) in [7, 11) is 0. The molecule has 2 N–H and O–H groups in total. The van der Waals surface area contributed by atoms with Gasteiger partial charge in [0.2, 0.25) is 0 Å². The third kappa shape index (κ3) is 3.08. The van der Waals surface area contributed by atoms with Crippen LogP contribution in [0.4, 0.5) is 14.5 Å². The molecule has 2 rings (SSSR count). The molecule has 0 spiro atoms. The van der Waals surface area contributed by atoms with E-state index in [1.54, 1.807) is 6.92 Å². The number of carbonyl (C=O) groups excluding carboxylic acids is 1. The lowest BCUT2D eigenvalue weighted by Gasteiger charge is -2.38. The molecule has 1 amide bonds. The van der Waals surface area contributed by atoms with Crippen LogP contribution >= 0.6 is 0 Å². The lowest BCUT2D eigenvalue weighted by molar-refractivity contribution is 0.0890. The molecule has 110 valence electrons. The van der Waals surface area contributed by atoms with Crippen molar-refractivity contribution in [2.24, 2.45) is 5.41 Å². The van der Waals surface area contributed by atoms with Gasteiger partial charge in [-0.3, -0.25) is 4.79 Å². The van der Waals surface area contributed by atoms with Gasteiger partial charge in [-0.1, -0.05) is 13.3 Å². The molecule has 1 aliphatic carbocycles. The Labute approximate surface area is 117 Å². The van der Waals surface area contributed by atoms with Crippen molar-refractivity contribution in [3.8, 4) is 0 Å². The fourth-order valence-corrected chi connectivity index (χ4v) is 2.40. The molecule has 5 heteroatoms. The van der Waals surface area contributed by atoms with Crippen molar-refractivity contribution >= 4 is 11.6 Å². The van der Waals surface area contributed by atoms with E-state index in [0.29, 0.717) is 13.1 Å². The van der Waals surface area contributed by atoms with E-state index < -0.39 is 17.5 Å². The van der Waals surface area contributed by atoms with Crippen LogP contribution in [0.15, 0.2) is 12.1 Å². The lowest BCUT2D eigenvalue weighted by Crippen LogP contribution is -2.40. The molecule has 3 nitrogen and oxygen atoms in total.